The van der Waals surface area contributed by atoms with Gasteiger partial charge in [0.15, 0.2) is 0 Å². The Kier molecular flexibility index (Phi) is 4.93. The number of hydrogen-bond donors (Lipinski definition) is 0. The SMILES string of the molecule is CN(Cc1nn(C)c2cccc(Cl)c12)CC1CC(=O)N(C2CCCC2)C1. The Hall–Kier alpha value is -1.59. The first-order valence-electron chi connectivity index (χ1n) is 9.61. The molecule has 0 radical (unpaired) electrons. The van der Waals surface area contributed by atoms with E-state index in [4.69, 9.17) is 11.6 Å². The second-order valence-corrected chi connectivity index (χ2v) is 8.36. The third-order valence-corrected chi connectivity index (χ3v) is 6.21. The van der Waals surface area contributed by atoms with E-state index in [-0.39, 0.29) is 0 Å². The highest BCUT2D eigenvalue weighted by Gasteiger charge is 2.35. The molecule has 1 saturated heterocycles. The maximum absolute atomic E-state index is 12.4. The Morgan fingerprint density at radius 1 is 1.31 bits per heavy atom. The summed E-state index contributed by atoms with van der Waals surface area (Å²) >= 11 is 6.42. The number of amides is 1. The summed E-state index contributed by atoms with van der Waals surface area (Å²) < 4.78 is 1.89. The molecule has 2 aliphatic rings. The number of aromatic nitrogens is 2. The van der Waals surface area contributed by atoms with Gasteiger partial charge in [0.05, 0.1) is 16.2 Å². The van der Waals surface area contributed by atoms with Crippen LogP contribution >= 0.6 is 11.6 Å². The van der Waals surface area contributed by atoms with Crippen molar-refractivity contribution in [1.29, 1.82) is 0 Å². The molecule has 5 nitrogen and oxygen atoms in total. The third kappa shape index (κ3) is 3.35. The van der Waals surface area contributed by atoms with E-state index in [0.717, 1.165) is 41.3 Å². The number of hydrogen-bond acceptors (Lipinski definition) is 3. The fourth-order valence-electron chi connectivity index (χ4n) is 4.72. The minimum Gasteiger partial charge on any atom is -0.339 e. The molecule has 1 aromatic carbocycles. The van der Waals surface area contributed by atoms with E-state index < -0.39 is 0 Å². The molecule has 1 saturated carbocycles. The topological polar surface area (TPSA) is 41.4 Å². The fraction of sp³-hybridized carbons (Fsp3) is 0.600. The van der Waals surface area contributed by atoms with Gasteiger partial charge in [0.2, 0.25) is 5.91 Å². The fourth-order valence-corrected chi connectivity index (χ4v) is 5.00. The van der Waals surface area contributed by atoms with Crippen molar-refractivity contribution < 1.29 is 4.79 Å². The van der Waals surface area contributed by atoms with Crippen molar-refractivity contribution in [3.8, 4) is 0 Å². The minimum absolute atomic E-state index is 0.349. The summed E-state index contributed by atoms with van der Waals surface area (Å²) in [5, 5.41) is 6.46. The Balaban J connectivity index is 1.42. The number of benzene rings is 1. The van der Waals surface area contributed by atoms with Crippen molar-refractivity contribution in [1.82, 2.24) is 19.6 Å². The maximum atomic E-state index is 12.4. The first kappa shape index (κ1) is 17.8. The van der Waals surface area contributed by atoms with Crippen molar-refractivity contribution in [2.45, 2.75) is 44.7 Å². The van der Waals surface area contributed by atoms with Gasteiger partial charge in [0, 0.05) is 44.5 Å². The number of carbonyl (C=O) groups is 1. The number of fused-ring (bicyclic) bond motifs is 1. The first-order chi connectivity index (χ1) is 12.5. The molecule has 1 unspecified atom stereocenters. The lowest BCUT2D eigenvalue weighted by atomic mass is 10.1. The lowest BCUT2D eigenvalue weighted by Crippen LogP contribution is -2.35. The van der Waals surface area contributed by atoms with E-state index in [2.05, 4.69) is 21.9 Å². The summed E-state index contributed by atoms with van der Waals surface area (Å²) in [6.45, 7) is 2.57. The number of rotatable bonds is 5. The summed E-state index contributed by atoms with van der Waals surface area (Å²) in [7, 11) is 4.07. The van der Waals surface area contributed by atoms with Crippen LogP contribution in [0.2, 0.25) is 5.02 Å². The molecule has 0 spiro atoms. The molecule has 1 aromatic heterocycles. The highest BCUT2D eigenvalue weighted by atomic mass is 35.5. The lowest BCUT2D eigenvalue weighted by molar-refractivity contribution is -0.129. The van der Waals surface area contributed by atoms with Crippen LogP contribution in [0.4, 0.5) is 0 Å². The van der Waals surface area contributed by atoms with Crippen LogP contribution in [0.3, 0.4) is 0 Å². The van der Waals surface area contributed by atoms with Crippen molar-refractivity contribution in [2.24, 2.45) is 13.0 Å². The zero-order valence-corrected chi connectivity index (χ0v) is 16.4. The van der Waals surface area contributed by atoms with Crippen LogP contribution in [0.1, 0.15) is 37.8 Å². The van der Waals surface area contributed by atoms with Crippen molar-refractivity contribution >= 4 is 28.4 Å². The van der Waals surface area contributed by atoms with Crippen molar-refractivity contribution in [2.75, 3.05) is 20.1 Å². The van der Waals surface area contributed by atoms with Gasteiger partial charge in [0.1, 0.15) is 0 Å². The Morgan fingerprint density at radius 2 is 2.08 bits per heavy atom. The number of halogens is 1. The van der Waals surface area contributed by atoms with E-state index in [0.29, 0.717) is 24.3 Å². The predicted molar refractivity (Wildman–Crippen MR) is 104 cm³/mol. The Labute approximate surface area is 159 Å². The van der Waals surface area contributed by atoms with Crippen LogP contribution in [0, 0.1) is 5.92 Å². The van der Waals surface area contributed by atoms with Crippen LogP contribution in [0.15, 0.2) is 18.2 Å². The van der Waals surface area contributed by atoms with E-state index in [9.17, 15) is 4.79 Å². The molecule has 26 heavy (non-hydrogen) atoms. The molecule has 1 amide bonds. The number of nitrogens with zero attached hydrogens (tertiary/aromatic N) is 4. The lowest BCUT2D eigenvalue weighted by Gasteiger charge is -2.25. The van der Waals surface area contributed by atoms with E-state index in [1.807, 2.05) is 29.9 Å². The third-order valence-electron chi connectivity index (χ3n) is 5.89. The molecule has 2 aromatic rings. The molecule has 140 valence electrons. The highest BCUT2D eigenvalue weighted by Crippen LogP contribution is 2.30. The normalized spacial score (nSPS) is 21.6. The maximum Gasteiger partial charge on any atom is 0.223 e. The Bertz CT molecular complexity index is 811. The molecule has 6 heteroatoms. The van der Waals surface area contributed by atoms with Gasteiger partial charge < -0.3 is 9.80 Å². The smallest absolute Gasteiger partial charge is 0.223 e. The second kappa shape index (κ2) is 7.20. The highest BCUT2D eigenvalue weighted by molar-refractivity contribution is 6.35. The van der Waals surface area contributed by atoms with Crippen LogP contribution in [-0.2, 0) is 18.4 Å². The molecule has 4 rings (SSSR count). The van der Waals surface area contributed by atoms with Crippen LogP contribution in [0.5, 0.6) is 0 Å². The zero-order valence-electron chi connectivity index (χ0n) is 15.6. The van der Waals surface area contributed by atoms with Gasteiger partial charge in [-0.1, -0.05) is 30.5 Å². The zero-order chi connectivity index (χ0) is 18.3. The monoisotopic (exact) mass is 374 g/mol. The standard InChI is InChI=1S/C20H27ClN4O/c1-23(11-14-10-19(26)25(12-14)15-6-3-4-7-15)13-17-20-16(21)8-5-9-18(20)24(2)22-17/h5,8-9,14-15H,3-4,6-7,10-13H2,1-2H3. The van der Waals surface area contributed by atoms with Gasteiger partial charge in [-0.25, -0.2) is 0 Å². The van der Waals surface area contributed by atoms with E-state index >= 15 is 0 Å². The summed E-state index contributed by atoms with van der Waals surface area (Å²) in [6, 6.07) is 6.43. The van der Waals surface area contributed by atoms with Gasteiger partial charge in [-0.15, -0.1) is 0 Å². The number of likely N-dealkylation sites (tertiary alicyclic amines) is 1. The van der Waals surface area contributed by atoms with E-state index in [1.54, 1.807) is 0 Å². The average Bonchev–Trinajstić information content (AvgIpc) is 3.29. The second-order valence-electron chi connectivity index (χ2n) is 7.96. The summed E-state index contributed by atoms with van der Waals surface area (Å²) in [4.78, 5) is 16.8. The summed E-state index contributed by atoms with van der Waals surface area (Å²) in [5.74, 6) is 0.764. The van der Waals surface area contributed by atoms with Crippen LogP contribution in [0.25, 0.3) is 10.9 Å². The predicted octanol–water partition coefficient (Wildman–Crippen LogP) is 3.45. The molecule has 2 heterocycles. The first-order valence-corrected chi connectivity index (χ1v) is 9.99. The quantitative estimate of drug-likeness (QED) is 0.804. The van der Waals surface area contributed by atoms with Gasteiger partial charge in [-0.2, -0.15) is 5.10 Å². The molecule has 1 aliphatic carbocycles. The number of aryl methyl sites for hydroxylation is 1. The van der Waals surface area contributed by atoms with Crippen LogP contribution < -0.4 is 0 Å². The van der Waals surface area contributed by atoms with Gasteiger partial charge in [-0.3, -0.25) is 9.48 Å². The van der Waals surface area contributed by atoms with Gasteiger partial charge in [0.25, 0.3) is 0 Å². The van der Waals surface area contributed by atoms with Crippen LogP contribution in [-0.4, -0.2) is 51.7 Å². The summed E-state index contributed by atoms with van der Waals surface area (Å²) in [5.41, 5.74) is 2.07. The largest absolute Gasteiger partial charge is 0.339 e. The molecule has 2 fully saturated rings. The Morgan fingerprint density at radius 3 is 2.85 bits per heavy atom. The molecule has 0 N–H and O–H groups in total. The van der Waals surface area contributed by atoms with Gasteiger partial charge >= 0.3 is 0 Å². The van der Waals surface area contributed by atoms with Crippen molar-refractivity contribution in [3.05, 3.63) is 28.9 Å². The number of carbonyl (C=O) groups excluding carboxylic acids is 1. The average molecular weight is 375 g/mol. The summed E-state index contributed by atoms with van der Waals surface area (Å²) in [6.07, 6.45) is 5.60. The van der Waals surface area contributed by atoms with Crippen molar-refractivity contribution in [3.63, 3.8) is 0 Å². The molecular formula is C20H27ClN4O. The molecule has 1 atom stereocenters. The molecule has 0 bridgehead atoms. The molecule has 1 aliphatic heterocycles. The minimum atomic E-state index is 0.349. The molecular weight excluding hydrogens is 348 g/mol. The van der Waals surface area contributed by atoms with Gasteiger partial charge in [-0.05, 0) is 37.9 Å². The van der Waals surface area contributed by atoms with E-state index in [1.165, 1.54) is 25.7 Å².